The van der Waals surface area contributed by atoms with E-state index in [0.29, 0.717) is 43.1 Å². The molecule has 3 aromatic carbocycles. The molecule has 0 unspecified atom stereocenters. The van der Waals surface area contributed by atoms with Gasteiger partial charge in [0.1, 0.15) is 29.9 Å². The lowest BCUT2D eigenvalue weighted by Gasteiger charge is -2.59. The van der Waals surface area contributed by atoms with Gasteiger partial charge >= 0.3 is 12.2 Å². The number of unbranched alkanes of at least 4 members (excludes halogenated alkanes) is 2. The van der Waals surface area contributed by atoms with Gasteiger partial charge in [0.25, 0.3) is 5.69 Å². The van der Waals surface area contributed by atoms with Gasteiger partial charge in [0, 0.05) is 56.3 Å². The molecule has 1 fully saturated rings. The zero-order valence-corrected chi connectivity index (χ0v) is 35.5. The van der Waals surface area contributed by atoms with Crippen LogP contribution >= 0.6 is 0 Å². The number of carbonyl (C=O) groups is 2. The molecule has 0 spiro atoms. The zero-order valence-electron chi connectivity index (χ0n) is 35.5. The fraction of sp³-hybridized carbons (Fsp3) is 0.468. The van der Waals surface area contributed by atoms with Gasteiger partial charge in [-0.15, -0.1) is 6.58 Å². The number of carbonyl (C=O) groups excluding carboxylic acids is 2. The van der Waals surface area contributed by atoms with Gasteiger partial charge in [-0.05, 0) is 92.3 Å². The van der Waals surface area contributed by atoms with Crippen molar-refractivity contribution in [2.24, 2.45) is 22.9 Å². The molecule has 3 N–H and O–H groups in total. The molecule has 0 saturated heterocycles. The third-order valence-corrected chi connectivity index (χ3v) is 11.8. The summed E-state index contributed by atoms with van der Waals surface area (Å²) in [4.78, 5) is 46.0. The van der Waals surface area contributed by atoms with Crippen molar-refractivity contribution in [2.45, 2.75) is 89.5 Å². The highest BCUT2D eigenvalue weighted by Crippen LogP contribution is 2.62. The maximum absolute atomic E-state index is 14.5. The lowest BCUT2D eigenvalue weighted by Crippen LogP contribution is -2.70. The van der Waals surface area contributed by atoms with Crippen molar-refractivity contribution in [3.05, 3.63) is 118 Å². The minimum absolute atomic E-state index is 0.000478. The van der Waals surface area contributed by atoms with Crippen LogP contribution < -0.4 is 19.5 Å². The fourth-order valence-corrected chi connectivity index (χ4v) is 9.18. The normalized spacial score (nSPS) is 22.9. The SMILES string of the molecule is C=CCO[C@@]12Oc3ccc(OC(=O)NCc4ccccc4)cc3[C@H]3[C@H](CCCCO)[C@@H](CCCCO)C=C(C(=NOCC)C[C@@H]1N(CCC)C(=O)Oc1ccc([N+](=O)[O-])cc1)[C@H]32. The summed E-state index contributed by atoms with van der Waals surface area (Å²) in [6, 6.07) is 19.3. The van der Waals surface area contributed by atoms with Gasteiger partial charge in [-0.2, -0.15) is 0 Å². The van der Waals surface area contributed by atoms with Crippen molar-refractivity contribution in [3.63, 3.8) is 0 Å². The van der Waals surface area contributed by atoms with Crippen LogP contribution in [0.5, 0.6) is 17.2 Å². The molecule has 2 aliphatic carbocycles. The number of amides is 2. The van der Waals surface area contributed by atoms with E-state index in [4.69, 9.17) is 28.9 Å². The Morgan fingerprint density at radius 3 is 2.40 bits per heavy atom. The van der Waals surface area contributed by atoms with Crippen molar-refractivity contribution < 1.29 is 48.5 Å². The number of allylic oxidation sites excluding steroid dienone is 1. The molecule has 2 amide bonds. The highest BCUT2D eigenvalue weighted by molar-refractivity contribution is 6.03. The van der Waals surface area contributed by atoms with Crippen LogP contribution in [0.15, 0.2) is 102 Å². The van der Waals surface area contributed by atoms with E-state index in [-0.39, 0.29) is 68.5 Å². The minimum atomic E-state index is -1.53. The molecule has 6 atom stereocenters. The molecule has 0 aromatic heterocycles. The number of aliphatic hydroxyl groups is 2. The van der Waals surface area contributed by atoms with Crippen molar-refractivity contribution in [2.75, 3.05) is 33.0 Å². The van der Waals surface area contributed by atoms with Gasteiger partial charge in [0.2, 0.25) is 5.79 Å². The summed E-state index contributed by atoms with van der Waals surface area (Å²) in [5.41, 5.74) is 3.05. The summed E-state index contributed by atoms with van der Waals surface area (Å²) in [7, 11) is 0. The van der Waals surface area contributed by atoms with E-state index in [2.05, 4.69) is 18.0 Å². The monoisotopic (exact) mass is 854 g/mol. The predicted octanol–water partition coefficient (Wildman–Crippen LogP) is 8.45. The quantitative estimate of drug-likeness (QED) is 0.0403. The summed E-state index contributed by atoms with van der Waals surface area (Å²) in [6.07, 6.45) is 7.47. The predicted molar refractivity (Wildman–Crippen MR) is 232 cm³/mol. The van der Waals surface area contributed by atoms with Gasteiger partial charge < -0.3 is 39.3 Å². The number of hydrogen-bond acceptors (Lipinski definition) is 12. The standard InChI is InChI=1S/C47H58N4O11/c1-4-24-50(46(55)61-35-20-18-34(19-21-35)51(56)57)42-30-40(49-59-6-3)38-28-33(16-10-12-25-52)37(17-11-13-26-53)43-39-29-36(60-45(54)48-31-32-14-8-7-9-15-32)22-23-41(39)62-47(42,44(38)43)58-27-5-2/h5,7-9,14-15,18-23,28-29,33,37,42-44,52-53H,2,4,6,10-13,16-17,24-27,30-31H2,1,3H3,(H,48,54)/t33-,37+,42-,43+,44+,47+/m0/s1. The van der Waals surface area contributed by atoms with E-state index in [9.17, 15) is 29.9 Å². The molecule has 15 heteroatoms. The number of aliphatic hydroxyl groups excluding tert-OH is 2. The van der Waals surface area contributed by atoms with Crippen LogP contribution in [0.2, 0.25) is 0 Å². The Morgan fingerprint density at radius 1 is 1.00 bits per heavy atom. The van der Waals surface area contributed by atoms with E-state index in [1.165, 1.54) is 24.3 Å². The molecule has 62 heavy (non-hydrogen) atoms. The van der Waals surface area contributed by atoms with Gasteiger partial charge in [-0.25, -0.2) is 9.59 Å². The zero-order chi connectivity index (χ0) is 44.1. The number of nitro groups is 1. The summed E-state index contributed by atoms with van der Waals surface area (Å²) < 4.78 is 26.0. The number of ether oxygens (including phenoxy) is 4. The Hall–Kier alpha value is -5.77. The van der Waals surface area contributed by atoms with Gasteiger partial charge in [0.05, 0.1) is 23.2 Å². The average Bonchev–Trinajstić information content (AvgIpc) is 3.28. The second-order valence-electron chi connectivity index (χ2n) is 15.7. The fourth-order valence-electron chi connectivity index (χ4n) is 9.18. The van der Waals surface area contributed by atoms with Crippen molar-refractivity contribution in [1.29, 1.82) is 0 Å². The van der Waals surface area contributed by atoms with Crippen LogP contribution in [0.1, 0.15) is 82.3 Å². The highest BCUT2D eigenvalue weighted by Gasteiger charge is 2.65. The molecule has 15 nitrogen and oxygen atoms in total. The highest BCUT2D eigenvalue weighted by atomic mass is 16.7. The minimum Gasteiger partial charge on any atom is -0.459 e. The first-order valence-electron chi connectivity index (χ1n) is 21.6. The molecular weight excluding hydrogens is 797 g/mol. The Morgan fingerprint density at radius 2 is 1.73 bits per heavy atom. The van der Waals surface area contributed by atoms with Crippen molar-refractivity contribution in [3.8, 4) is 17.2 Å². The maximum atomic E-state index is 14.5. The van der Waals surface area contributed by atoms with Gasteiger partial charge in [-0.1, -0.05) is 67.4 Å². The van der Waals surface area contributed by atoms with Crippen LogP contribution in [-0.2, 0) is 16.1 Å². The van der Waals surface area contributed by atoms with Crippen LogP contribution in [0.25, 0.3) is 0 Å². The first kappa shape index (κ1) is 45.7. The van der Waals surface area contributed by atoms with Gasteiger partial charge in [0.15, 0.2) is 0 Å². The van der Waals surface area contributed by atoms with E-state index >= 15 is 0 Å². The second kappa shape index (κ2) is 21.8. The van der Waals surface area contributed by atoms with E-state index in [1.54, 1.807) is 23.1 Å². The number of nitrogens with one attached hydrogen (secondary N) is 1. The molecule has 6 rings (SSSR count). The van der Waals surface area contributed by atoms with E-state index < -0.39 is 34.9 Å². The van der Waals surface area contributed by atoms with Crippen molar-refractivity contribution >= 4 is 23.6 Å². The Kier molecular flexibility index (Phi) is 16.1. The summed E-state index contributed by atoms with van der Waals surface area (Å²) in [5, 5.41) is 38.7. The molecule has 1 aliphatic heterocycles. The number of fused-ring (bicyclic) bond motifs is 2. The molecule has 332 valence electrons. The Balaban J connectivity index is 1.50. The van der Waals surface area contributed by atoms with Crippen molar-refractivity contribution in [1.82, 2.24) is 10.2 Å². The third kappa shape index (κ3) is 10.5. The van der Waals surface area contributed by atoms with Crippen LogP contribution in [0.3, 0.4) is 0 Å². The Bertz CT molecular complexity index is 2060. The number of oxime groups is 1. The Labute approximate surface area is 362 Å². The van der Waals surface area contributed by atoms with Crippen LogP contribution in [0.4, 0.5) is 15.3 Å². The molecule has 3 aliphatic rings. The molecular formula is C47H58N4O11. The number of hydrogen-bond donors (Lipinski definition) is 3. The first-order chi connectivity index (χ1) is 30.2. The van der Waals surface area contributed by atoms with Gasteiger partial charge in [-0.3, -0.25) is 15.0 Å². The number of nitro benzene ring substituents is 1. The molecule has 1 heterocycles. The third-order valence-electron chi connectivity index (χ3n) is 11.8. The molecule has 1 saturated carbocycles. The van der Waals surface area contributed by atoms with E-state index in [1.807, 2.05) is 50.2 Å². The largest absolute Gasteiger partial charge is 0.459 e. The number of benzene rings is 3. The number of rotatable bonds is 21. The molecule has 0 bridgehead atoms. The summed E-state index contributed by atoms with van der Waals surface area (Å²) >= 11 is 0. The smallest absolute Gasteiger partial charge is 0.415 e. The molecule has 0 radical (unpaired) electrons. The summed E-state index contributed by atoms with van der Waals surface area (Å²) in [5.74, 6) is -1.59. The van der Waals surface area contributed by atoms with Crippen LogP contribution in [0, 0.1) is 27.9 Å². The summed E-state index contributed by atoms with van der Waals surface area (Å²) in [6.45, 7) is 8.74. The first-order valence-corrected chi connectivity index (χ1v) is 21.6. The maximum Gasteiger partial charge on any atom is 0.415 e. The average molecular weight is 855 g/mol. The lowest BCUT2D eigenvalue weighted by molar-refractivity contribution is -0.384. The van der Waals surface area contributed by atoms with E-state index in [0.717, 1.165) is 42.4 Å². The number of nitrogens with zero attached hydrogens (tertiary/aromatic N) is 3. The van der Waals surface area contributed by atoms with Crippen LogP contribution in [-0.4, -0.2) is 82.7 Å². The number of non-ortho nitro benzene ring substituents is 1. The second-order valence-corrected chi connectivity index (χ2v) is 15.7. The topological polar surface area (TPSA) is 192 Å². The molecule has 3 aromatic rings. The lowest BCUT2D eigenvalue weighted by atomic mass is 9.55.